The van der Waals surface area contributed by atoms with Crippen molar-refractivity contribution in [3.8, 4) is 0 Å². The second-order valence-corrected chi connectivity index (χ2v) is 4.33. The molecule has 2 N–H and O–H groups in total. The van der Waals surface area contributed by atoms with Crippen LogP contribution in [0.5, 0.6) is 0 Å². The molecule has 0 aliphatic rings. The zero-order valence-corrected chi connectivity index (χ0v) is 11.1. The van der Waals surface area contributed by atoms with Gasteiger partial charge >= 0.3 is 5.97 Å². The molecule has 0 fully saturated rings. The lowest BCUT2D eigenvalue weighted by Gasteiger charge is -2.13. The Hall–Kier alpha value is -2.56. The molecule has 104 valence electrons. The van der Waals surface area contributed by atoms with Crippen LogP contribution < -0.4 is 5.32 Å². The van der Waals surface area contributed by atoms with Gasteiger partial charge in [-0.25, -0.2) is 4.79 Å². The fourth-order valence-electron chi connectivity index (χ4n) is 1.66. The Kier molecular flexibility index (Phi) is 4.55. The van der Waals surface area contributed by atoms with E-state index in [9.17, 15) is 9.59 Å². The van der Waals surface area contributed by atoms with Gasteiger partial charge in [-0.2, -0.15) is 0 Å². The zero-order chi connectivity index (χ0) is 14.4. The van der Waals surface area contributed by atoms with Gasteiger partial charge in [0.05, 0.1) is 0 Å². The highest BCUT2D eigenvalue weighted by molar-refractivity contribution is 5.90. The third-order valence-corrected chi connectivity index (χ3v) is 2.78. The van der Waals surface area contributed by atoms with Crippen molar-refractivity contribution in [1.29, 1.82) is 0 Å². The van der Waals surface area contributed by atoms with Crippen LogP contribution in [-0.4, -0.2) is 23.0 Å². The lowest BCUT2D eigenvalue weighted by atomic mass is 10.2. The first-order valence-corrected chi connectivity index (χ1v) is 6.33. The van der Waals surface area contributed by atoms with Crippen molar-refractivity contribution in [2.24, 2.45) is 0 Å². The Morgan fingerprint density at radius 2 is 1.95 bits per heavy atom. The molecular weight excluding hydrogens is 256 g/mol. The number of esters is 1. The first-order chi connectivity index (χ1) is 9.66. The number of amides is 1. The molecule has 0 spiro atoms. The van der Waals surface area contributed by atoms with Crippen molar-refractivity contribution in [2.45, 2.75) is 19.6 Å². The number of nitrogens with one attached hydrogen (secondary N) is 2. The SMILES string of the molecule is CC(OC(=O)c1ccc[nH]1)C(=O)NCc1ccccc1. The highest BCUT2D eigenvalue weighted by Gasteiger charge is 2.18. The van der Waals surface area contributed by atoms with E-state index < -0.39 is 12.1 Å². The van der Waals surface area contributed by atoms with Crippen molar-refractivity contribution in [3.63, 3.8) is 0 Å². The Morgan fingerprint density at radius 3 is 2.60 bits per heavy atom. The first-order valence-electron chi connectivity index (χ1n) is 6.33. The molecule has 0 saturated heterocycles. The molecular formula is C15H16N2O3. The maximum atomic E-state index is 11.8. The average molecular weight is 272 g/mol. The second kappa shape index (κ2) is 6.56. The normalized spacial score (nSPS) is 11.7. The van der Waals surface area contributed by atoms with Gasteiger partial charge in [0.25, 0.3) is 5.91 Å². The summed E-state index contributed by atoms with van der Waals surface area (Å²) in [5, 5.41) is 2.72. The predicted molar refractivity (Wildman–Crippen MR) is 74.0 cm³/mol. The van der Waals surface area contributed by atoms with Gasteiger partial charge in [0.15, 0.2) is 6.10 Å². The zero-order valence-electron chi connectivity index (χ0n) is 11.1. The van der Waals surface area contributed by atoms with Gasteiger partial charge in [0, 0.05) is 12.7 Å². The van der Waals surface area contributed by atoms with E-state index in [1.807, 2.05) is 30.3 Å². The summed E-state index contributed by atoms with van der Waals surface area (Å²) in [4.78, 5) is 26.2. The fourth-order valence-corrected chi connectivity index (χ4v) is 1.66. The molecule has 0 aliphatic carbocycles. The van der Waals surface area contributed by atoms with E-state index in [-0.39, 0.29) is 5.91 Å². The standard InChI is InChI=1S/C15H16N2O3/c1-11(20-15(19)13-8-5-9-16-13)14(18)17-10-12-6-3-2-4-7-12/h2-9,11,16H,10H2,1H3,(H,17,18). The topological polar surface area (TPSA) is 71.2 Å². The summed E-state index contributed by atoms with van der Waals surface area (Å²) in [6, 6.07) is 12.8. The summed E-state index contributed by atoms with van der Waals surface area (Å²) < 4.78 is 5.06. The van der Waals surface area contributed by atoms with Gasteiger partial charge in [-0.1, -0.05) is 30.3 Å². The number of benzene rings is 1. The van der Waals surface area contributed by atoms with E-state index in [0.717, 1.165) is 5.56 Å². The monoisotopic (exact) mass is 272 g/mol. The number of aromatic amines is 1. The molecule has 1 atom stereocenters. The summed E-state index contributed by atoms with van der Waals surface area (Å²) in [6.07, 6.45) is 0.783. The Morgan fingerprint density at radius 1 is 1.20 bits per heavy atom. The summed E-state index contributed by atoms with van der Waals surface area (Å²) in [6.45, 7) is 1.95. The lowest BCUT2D eigenvalue weighted by molar-refractivity contribution is -0.129. The molecule has 1 amide bonds. The largest absolute Gasteiger partial charge is 0.448 e. The number of hydrogen-bond donors (Lipinski definition) is 2. The minimum absolute atomic E-state index is 0.325. The van der Waals surface area contributed by atoms with Crippen LogP contribution >= 0.6 is 0 Å². The molecule has 2 rings (SSSR count). The maximum absolute atomic E-state index is 11.8. The van der Waals surface area contributed by atoms with Crippen LogP contribution in [0.15, 0.2) is 48.7 Å². The van der Waals surface area contributed by atoms with Gasteiger partial charge in [0.2, 0.25) is 0 Å². The van der Waals surface area contributed by atoms with Crippen molar-refractivity contribution in [1.82, 2.24) is 10.3 Å². The number of ether oxygens (including phenoxy) is 1. The highest BCUT2D eigenvalue weighted by Crippen LogP contribution is 2.02. The van der Waals surface area contributed by atoms with E-state index in [4.69, 9.17) is 4.74 Å². The van der Waals surface area contributed by atoms with Crippen LogP contribution in [0.1, 0.15) is 23.0 Å². The van der Waals surface area contributed by atoms with E-state index in [1.54, 1.807) is 25.3 Å². The van der Waals surface area contributed by atoms with Crippen molar-refractivity contribution >= 4 is 11.9 Å². The Labute approximate surface area is 117 Å². The molecule has 1 unspecified atom stereocenters. The molecule has 0 radical (unpaired) electrons. The first kappa shape index (κ1) is 13.9. The van der Waals surface area contributed by atoms with E-state index in [2.05, 4.69) is 10.3 Å². The van der Waals surface area contributed by atoms with Gasteiger partial charge in [-0.05, 0) is 24.6 Å². The van der Waals surface area contributed by atoms with E-state index >= 15 is 0 Å². The van der Waals surface area contributed by atoms with Crippen molar-refractivity contribution in [3.05, 3.63) is 59.9 Å². The number of carbonyl (C=O) groups excluding carboxylic acids is 2. The molecule has 0 saturated carbocycles. The van der Waals surface area contributed by atoms with E-state index in [0.29, 0.717) is 12.2 Å². The molecule has 5 heteroatoms. The minimum Gasteiger partial charge on any atom is -0.448 e. The molecule has 1 heterocycles. The van der Waals surface area contributed by atoms with Crippen LogP contribution in [0, 0.1) is 0 Å². The molecule has 0 bridgehead atoms. The minimum atomic E-state index is -0.838. The quantitative estimate of drug-likeness (QED) is 0.816. The third kappa shape index (κ3) is 3.71. The van der Waals surface area contributed by atoms with Gasteiger partial charge in [-0.3, -0.25) is 4.79 Å². The number of aromatic nitrogens is 1. The lowest BCUT2D eigenvalue weighted by Crippen LogP contribution is -2.35. The van der Waals surface area contributed by atoms with Crippen LogP contribution in [0.25, 0.3) is 0 Å². The van der Waals surface area contributed by atoms with Gasteiger partial charge < -0.3 is 15.0 Å². The Bertz CT molecular complexity index is 564. The smallest absolute Gasteiger partial charge is 0.355 e. The molecule has 20 heavy (non-hydrogen) atoms. The maximum Gasteiger partial charge on any atom is 0.355 e. The molecule has 0 aliphatic heterocycles. The van der Waals surface area contributed by atoms with Crippen LogP contribution in [0.2, 0.25) is 0 Å². The summed E-state index contributed by atoms with van der Waals surface area (Å²) in [5.41, 5.74) is 1.32. The van der Waals surface area contributed by atoms with Gasteiger partial charge in [0.1, 0.15) is 5.69 Å². The predicted octanol–water partition coefficient (Wildman–Crippen LogP) is 1.88. The van der Waals surface area contributed by atoms with Crippen LogP contribution in [0.3, 0.4) is 0 Å². The fraction of sp³-hybridized carbons (Fsp3) is 0.200. The second-order valence-electron chi connectivity index (χ2n) is 4.33. The highest BCUT2D eigenvalue weighted by atomic mass is 16.5. The number of hydrogen-bond acceptors (Lipinski definition) is 3. The summed E-state index contributed by atoms with van der Waals surface area (Å²) in [5.74, 6) is -0.869. The van der Waals surface area contributed by atoms with Crippen molar-refractivity contribution in [2.75, 3.05) is 0 Å². The van der Waals surface area contributed by atoms with Crippen LogP contribution in [0.4, 0.5) is 0 Å². The molecule has 1 aromatic carbocycles. The number of H-pyrrole nitrogens is 1. The molecule has 2 aromatic rings. The van der Waals surface area contributed by atoms with Crippen molar-refractivity contribution < 1.29 is 14.3 Å². The third-order valence-electron chi connectivity index (χ3n) is 2.78. The molecule has 5 nitrogen and oxygen atoms in total. The van der Waals surface area contributed by atoms with Gasteiger partial charge in [-0.15, -0.1) is 0 Å². The number of rotatable bonds is 5. The molecule has 1 aromatic heterocycles. The van der Waals surface area contributed by atoms with Crippen LogP contribution in [-0.2, 0) is 16.1 Å². The average Bonchev–Trinajstić information content (AvgIpc) is 3.00. The number of carbonyl (C=O) groups is 2. The Balaban J connectivity index is 1.82. The van der Waals surface area contributed by atoms with E-state index in [1.165, 1.54) is 0 Å². The summed E-state index contributed by atoms with van der Waals surface area (Å²) >= 11 is 0. The summed E-state index contributed by atoms with van der Waals surface area (Å²) in [7, 11) is 0.